The maximum atomic E-state index is 12.5. The molecule has 0 radical (unpaired) electrons. The second-order valence-electron chi connectivity index (χ2n) is 7.46. The van der Waals surface area contributed by atoms with Crippen LogP contribution in [0.2, 0.25) is 0 Å². The van der Waals surface area contributed by atoms with Gasteiger partial charge in [0.2, 0.25) is 5.91 Å². The summed E-state index contributed by atoms with van der Waals surface area (Å²) in [6.07, 6.45) is 5.07. The van der Waals surface area contributed by atoms with E-state index in [9.17, 15) is 4.79 Å². The Hall–Kier alpha value is -2.71. The quantitative estimate of drug-likeness (QED) is 0.826. The number of hydrogen-bond donors (Lipinski definition) is 1. The Morgan fingerprint density at radius 1 is 1.28 bits per heavy atom. The van der Waals surface area contributed by atoms with E-state index in [1.165, 1.54) is 6.33 Å². The molecule has 1 N–H and O–H groups in total. The summed E-state index contributed by atoms with van der Waals surface area (Å²) < 4.78 is 11.7. The Morgan fingerprint density at radius 2 is 2.17 bits per heavy atom. The highest BCUT2D eigenvalue weighted by Gasteiger charge is 2.35. The summed E-state index contributed by atoms with van der Waals surface area (Å²) >= 11 is 0. The molecule has 29 heavy (non-hydrogen) atoms. The van der Waals surface area contributed by atoms with Crippen LogP contribution in [0.5, 0.6) is 5.75 Å². The zero-order valence-corrected chi connectivity index (χ0v) is 16.8. The van der Waals surface area contributed by atoms with Crippen LogP contribution in [0.25, 0.3) is 0 Å². The van der Waals surface area contributed by atoms with E-state index in [0.29, 0.717) is 6.42 Å². The minimum Gasteiger partial charge on any atom is -0.497 e. The van der Waals surface area contributed by atoms with Crippen molar-refractivity contribution >= 4 is 11.6 Å². The number of aromatic nitrogens is 2. The predicted molar refractivity (Wildman–Crippen MR) is 108 cm³/mol. The maximum Gasteiger partial charge on any atom is 0.227 e. The zero-order valence-electron chi connectivity index (χ0n) is 16.8. The van der Waals surface area contributed by atoms with Crippen molar-refractivity contribution in [2.75, 3.05) is 32.1 Å². The minimum atomic E-state index is -0.480. The molecule has 0 saturated carbocycles. The lowest BCUT2D eigenvalue weighted by molar-refractivity contribution is -0.166. The van der Waals surface area contributed by atoms with Gasteiger partial charge >= 0.3 is 0 Å². The molecule has 0 spiro atoms. The molecule has 8 nitrogen and oxygen atoms in total. The molecule has 2 aromatic rings. The molecule has 2 fully saturated rings. The van der Waals surface area contributed by atoms with Crippen LogP contribution in [0.1, 0.15) is 31.0 Å². The average molecular weight is 397 g/mol. The molecule has 0 bridgehead atoms. The molecule has 3 unspecified atom stereocenters. The van der Waals surface area contributed by atoms with Gasteiger partial charge < -0.3 is 19.3 Å². The number of benzene rings is 1. The van der Waals surface area contributed by atoms with Crippen molar-refractivity contribution in [2.45, 2.75) is 37.8 Å². The fourth-order valence-electron chi connectivity index (χ4n) is 3.89. The number of hydrogen-bond acceptors (Lipinski definition) is 7. The molecule has 2 aliphatic rings. The molecule has 8 heteroatoms. The van der Waals surface area contributed by atoms with Crippen molar-refractivity contribution < 1.29 is 14.3 Å². The first-order chi connectivity index (χ1) is 14.1. The third kappa shape index (κ3) is 4.49. The maximum absolute atomic E-state index is 12.5. The van der Waals surface area contributed by atoms with Crippen LogP contribution in [0.4, 0.5) is 5.69 Å². The lowest BCUT2D eigenvalue weighted by Crippen LogP contribution is -2.57. The summed E-state index contributed by atoms with van der Waals surface area (Å²) in [5.41, 5.74) is 1.93. The highest BCUT2D eigenvalue weighted by molar-refractivity contribution is 5.77. The van der Waals surface area contributed by atoms with E-state index in [0.717, 1.165) is 43.1 Å². The van der Waals surface area contributed by atoms with Crippen molar-refractivity contribution in [1.29, 1.82) is 0 Å². The van der Waals surface area contributed by atoms with Crippen LogP contribution in [-0.4, -0.2) is 60.5 Å². The molecule has 1 aromatic carbocycles. The number of anilines is 1. The molecule has 4 rings (SSSR count). The molecule has 0 aliphatic carbocycles. The molecule has 3 heterocycles. The van der Waals surface area contributed by atoms with Crippen molar-refractivity contribution in [3.8, 4) is 5.75 Å². The number of methoxy groups -OCH3 is 1. The van der Waals surface area contributed by atoms with Crippen molar-refractivity contribution in [3.05, 3.63) is 48.5 Å². The van der Waals surface area contributed by atoms with Crippen LogP contribution in [0.15, 0.2) is 42.9 Å². The van der Waals surface area contributed by atoms with Crippen molar-refractivity contribution in [3.63, 3.8) is 0 Å². The van der Waals surface area contributed by atoms with E-state index in [1.54, 1.807) is 25.3 Å². The Balaban J connectivity index is 1.43. The van der Waals surface area contributed by atoms with E-state index in [2.05, 4.69) is 26.3 Å². The van der Waals surface area contributed by atoms with Gasteiger partial charge in [0.05, 0.1) is 24.9 Å². The number of carbonyl (C=O) groups is 1. The molecular weight excluding hydrogens is 370 g/mol. The molecule has 1 amide bonds. The fourth-order valence-corrected chi connectivity index (χ4v) is 3.89. The third-order valence-corrected chi connectivity index (χ3v) is 5.55. The Bertz CT molecular complexity index is 834. The van der Waals surface area contributed by atoms with Gasteiger partial charge in [-0.05, 0) is 31.0 Å². The number of amides is 1. The molecule has 154 valence electrons. The van der Waals surface area contributed by atoms with Crippen LogP contribution in [0, 0.1) is 0 Å². The van der Waals surface area contributed by atoms with Gasteiger partial charge in [-0.25, -0.2) is 9.97 Å². The van der Waals surface area contributed by atoms with Crippen molar-refractivity contribution in [2.24, 2.45) is 0 Å². The molecule has 2 saturated heterocycles. The standard InChI is InChI=1S/C21H27N5O3/c1-25-20(27)12-19(18-8-9-22-14-23-18)24-21(25)29-17-7-4-10-26(13-17)15-5-3-6-16(11-15)28-2/h3,5-6,8-9,11,14,17,19,21,24H,4,7,10,12-13H2,1-2H3. The second kappa shape index (κ2) is 8.75. The topological polar surface area (TPSA) is 79.8 Å². The number of nitrogens with one attached hydrogen (secondary N) is 1. The third-order valence-electron chi connectivity index (χ3n) is 5.55. The first-order valence-electron chi connectivity index (χ1n) is 9.96. The first kappa shape index (κ1) is 19.6. The average Bonchev–Trinajstić information content (AvgIpc) is 2.77. The largest absolute Gasteiger partial charge is 0.497 e. The Morgan fingerprint density at radius 3 is 2.97 bits per heavy atom. The Kier molecular flexibility index (Phi) is 5.92. The molecular formula is C21H27N5O3. The number of ether oxygens (including phenoxy) is 2. The van der Waals surface area contributed by atoms with Gasteiger partial charge in [-0.3, -0.25) is 10.1 Å². The monoisotopic (exact) mass is 397 g/mol. The summed E-state index contributed by atoms with van der Waals surface area (Å²) in [6.45, 7) is 1.75. The summed E-state index contributed by atoms with van der Waals surface area (Å²) in [4.78, 5) is 24.7. The smallest absolute Gasteiger partial charge is 0.227 e. The van der Waals surface area contributed by atoms with Crippen LogP contribution in [0.3, 0.4) is 0 Å². The normalized spacial score (nSPS) is 25.2. The van der Waals surface area contributed by atoms with Gasteiger partial charge in [-0.2, -0.15) is 0 Å². The van der Waals surface area contributed by atoms with Crippen LogP contribution in [-0.2, 0) is 9.53 Å². The summed E-state index contributed by atoms with van der Waals surface area (Å²) in [6, 6.07) is 9.73. The number of nitrogens with zero attached hydrogens (tertiary/aromatic N) is 4. The van der Waals surface area contributed by atoms with Gasteiger partial charge in [0.1, 0.15) is 12.1 Å². The predicted octanol–water partition coefficient (Wildman–Crippen LogP) is 1.95. The van der Waals surface area contributed by atoms with Crippen molar-refractivity contribution in [1.82, 2.24) is 20.2 Å². The lowest BCUT2D eigenvalue weighted by atomic mass is 10.1. The summed E-state index contributed by atoms with van der Waals surface area (Å²) in [5, 5.41) is 3.42. The van der Waals surface area contributed by atoms with E-state index in [1.807, 2.05) is 24.3 Å². The SMILES string of the molecule is COc1cccc(N2CCCC(OC3NC(c4ccncn4)CC(=O)N3C)C2)c1. The first-order valence-corrected chi connectivity index (χ1v) is 9.96. The lowest BCUT2D eigenvalue weighted by Gasteiger charge is -2.41. The number of piperidine rings is 1. The summed E-state index contributed by atoms with van der Waals surface area (Å²) in [7, 11) is 3.45. The van der Waals surface area contributed by atoms with Gasteiger partial charge in [0, 0.05) is 44.5 Å². The van der Waals surface area contributed by atoms with Crippen LogP contribution < -0.4 is 15.0 Å². The van der Waals surface area contributed by atoms with Gasteiger partial charge in [-0.1, -0.05) is 6.07 Å². The highest BCUT2D eigenvalue weighted by Crippen LogP contribution is 2.27. The molecule has 2 aliphatic heterocycles. The number of rotatable bonds is 5. The van der Waals surface area contributed by atoms with E-state index >= 15 is 0 Å². The second-order valence-corrected chi connectivity index (χ2v) is 7.46. The minimum absolute atomic E-state index is 0.0202. The van der Waals surface area contributed by atoms with Crippen LogP contribution >= 0.6 is 0 Å². The molecule has 3 atom stereocenters. The van der Waals surface area contributed by atoms with Gasteiger partial charge in [0.15, 0.2) is 6.35 Å². The van der Waals surface area contributed by atoms with Gasteiger partial charge in [-0.15, -0.1) is 0 Å². The van der Waals surface area contributed by atoms with E-state index < -0.39 is 6.35 Å². The number of carbonyl (C=O) groups excluding carboxylic acids is 1. The highest BCUT2D eigenvalue weighted by atomic mass is 16.5. The zero-order chi connectivity index (χ0) is 20.2. The molecule has 1 aromatic heterocycles. The Labute approximate surface area is 170 Å². The van der Waals surface area contributed by atoms with E-state index in [4.69, 9.17) is 9.47 Å². The van der Waals surface area contributed by atoms with E-state index in [-0.39, 0.29) is 18.1 Å². The van der Waals surface area contributed by atoms with Gasteiger partial charge in [0.25, 0.3) is 0 Å². The summed E-state index contributed by atoms with van der Waals surface area (Å²) in [5.74, 6) is 0.885. The fraction of sp³-hybridized carbons (Fsp3) is 0.476.